The number of thiophene rings is 1. The summed E-state index contributed by atoms with van der Waals surface area (Å²) in [5.74, 6) is -0.579. The second kappa shape index (κ2) is 6.71. The second-order valence-corrected chi connectivity index (χ2v) is 7.00. The fourth-order valence-corrected chi connectivity index (χ4v) is 3.54. The minimum atomic E-state index is -4.56. The lowest BCUT2D eigenvalue weighted by molar-refractivity contribution is -0.144. The highest BCUT2D eigenvalue weighted by Gasteiger charge is 2.36. The molecule has 0 unspecified atom stereocenters. The number of alkyl halides is 3. The predicted octanol–water partition coefficient (Wildman–Crippen LogP) is 4.36. The third-order valence-electron chi connectivity index (χ3n) is 3.76. The Kier molecular flexibility index (Phi) is 4.74. The first kappa shape index (κ1) is 18.4. The Bertz CT molecular complexity index is 976. The van der Waals surface area contributed by atoms with Crippen LogP contribution in [0.4, 0.5) is 13.2 Å². The summed E-state index contributed by atoms with van der Waals surface area (Å²) in [6.45, 7) is 4.87. The van der Waals surface area contributed by atoms with Gasteiger partial charge in [0.15, 0.2) is 5.65 Å². The fraction of sp³-hybridized carbons (Fsp3) is 0.353. The zero-order chi connectivity index (χ0) is 19.1. The molecule has 3 rings (SSSR count). The van der Waals surface area contributed by atoms with Crippen molar-refractivity contribution in [3.05, 3.63) is 34.3 Å². The number of fused-ring (bicyclic) bond motifs is 1. The minimum Gasteiger partial charge on any atom is -0.465 e. The van der Waals surface area contributed by atoms with Gasteiger partial charge in [0, 0.05) is 4.88 Å². The Balaban J connectivity index is 2.24. The largest absolute Gasteiger partial charge is 0.465 e. The molecule has 0 aromatic carbocycles. The van der Waals surface area contributed by atoms with E-state index in [0.717, 1.165) is 10.9 Å². The van der Waals surface area contributed by atoms with Crippen LogP contribution in [0.25, 0.3) is 21.6 Å². The van der Waals surface area contributed by atoms with Gasteiger partial charge in [0.25, 0.3) is 0 Å². The molecule has 0 aliphatic carbocycles. The summed E-state index contributed by atoms with van der Waals surface area (Å²) in [7, 11) is 0. The Morgan fingerprint density at radius 2 is 2.04 bits per heavy atom. The van der Waals surface area contributed by atoms with Gasteiger partial charge < -0.3 is 4.74 Å². The van der Waals surface area contributed by atoms with Gasteiger partial charge in [-0.2, -0.15) is 18.3 Å². The van der Waals surface area contributed by atoms with Crippen LogP contribution in [0.1, 0.15) is 23.1 Å². The molecule has 26 heavy (non-hydrogen) atoms. The lowest BCUT2D eigenvalue weighted by Gasteiger charge is -2.11. The van der Waals surface area contributed by atoms with Gasteiger partial charge in [-0.15, -0.1) is 11.3 Å². The molecule has 0 atom stereocenters. The van der Waals surface area contributed by atoms with Crippen LogP contribution in [-0.4, -0.2) is 27.3 Å². The van der Waals surface area contributed by atoms with E-state index < -0.39 is 17.7 Å². The number of ether oxygens (including phenoxy) is 1. The fourth-order valence-electron chi connectivity index (χ4n) is 2.71. The van der Waals surface area contributed by atoms with Gasteiger partial charge in [0.2, 0.25) is 0 Å². The molecule has 3 aromatic rings. The average Bonchev–Trinajstić information content (AvgIpc) is 3.10. The molecule has 3 heterocycles. The van der Waals surface area contributed by atoms with E-state index in [-0.39, 0.29) is 35.6 Å². The molecule has 0 bridgehead atoms. The Morgan fingerprint density at radius 1 is 1.31 bits per heavy atom. The third-order valence-corrected chi connectivity index (χ3v) is 4.78. The van der Waals surface area contributed by atoms with Crippen molar-refractivity contribution in [2.45, 2.75) is 33.5 Å². The Labute approximate surface area is 151 Å². The monoisotopic (exact) mass is 383 g/mol. The molecular formula is C17H16F3N3O2S. The highest BCUT2D eigenvalue weighted by molar-refractivity contribution is 7.15. The van der Waals surface area contributed by atoms with Gasteiger partial charge >= 0.3 is 12.1 Å². The third kappa shape index (κ3) is 3.44. The summed E-state index contributed by atoms with van der Waals surface area (Å²) in [5.41, 5.74) is -0.423. The number of hydrogen-bond donors (Lipinski definition) is 0. The topological polar surface area (TPSA) is 57.0 Å². The minimum absolute atomic E-state index is 0.0198. The quantitative estimate of drug-likeness (QED) is 0.628. The van der Waals surface area contributed by atoms with E-state index in [4.69, 9.17) is 4.74 Å². The molecule has 0 fully saturated rings. The molecule has 0 N–H and O–H groups in total. The summed E-state index contributed by atoms with van der Waals surface area (Å²) >= 11 is 1.35. The summed E-state index contributed by atoms with van der Waals surface area (Å²) < 4.78 is 47.0. The van der Waals surface area contributed by atoms with E-state index in [0.29, 0.717) is 4.88 Å². The van der Waals surface area contributed by atoms with Gasteiger partial charge in [0.1, 0.15) is 6.54 Å². The number of carbonyl (C=O) groups is 1. The van der Waals surface area contributed by atoms with Crippen LogP contribution in [0.3, 0.4) is 0 Å². The number of pyridine rings is 1. The zero-order valence-electron chi connectivity index (χ0n) is 14.3. The van der Waals surface area contributed by atoms with Gasteiger partial charge in [0.05, 0.1) is 33.8 Å². The number of halogens is 3. The van der Waals surface area contributed by atoms with Crippen molar-refractivity contribution in [3.8, 4) is 10.6 Å². The highest BCUT2D eigenvalue weighted by Crippen LogP contribution is 2.39. The first-order chi connectivity index (χ1) is 12.2. The van der Waals surface area contributed by atoms with E-state index in [1.165, 1.54) is 22.9 Å². The summed E-state index contributed by atoms with van der Waals surface area (Å²) in [6, 6.07) is 4.59. The number of esters is 1. The first-order valence-corrected chi connectivity index (χ1v) is 8.70. The number of aryl methyl sites for hydroxylation is 2. The van der Waals surface area contributed by atoms with Gasteiger partial charge in [-0.3, -0.25) is 4.79 Å². The normalized spacial score (nSPS) is 11.9. The average molecular weight is 383 g/mol. The van der Waals surface area contributed by atoms with E-state index in [2.05, 4.69) is 10.1 Å². The molecule has 0 spiro atoms. The van der Waals surface area contributed by atoms with Crippen LogP contribution >= 0.6 is 11.3 Å². The van der Waals surface area contributed by atoms with Crippen molar-refractivity contribution in [1.29, 1.82) is 0 Å². The zero-order valence-corrected chi connectivity index (χ0v) is 15.2. The molecule has 0 amide bonds. The molecular weight excluding hydrogens is 367 g/mol. The molecule has 3 aromatic heterocycles. The van der Waals surface area contributed by atoms with E-state index in [9.17, 15) is 18.0 Å². The molecule has 0 radical (unpaired) electrons. The molecule has 0 aliphatic heterocycles. The smallest absolute Gasteiger partial charge is 0.417 e. The van der Waals surface area contributed by atoms with Crippen molar-refractivity contribution in [3.63, 3.8) is 0 Å². The number of carbonyl (C=O) groups excluding carboxylic acids is 1. The number of rotatable bonds is 4. The van der Waals surface area contributed by atoms with Gasteiger partial charge in [-0.25, -0.2) is 9.67 Å². The van der Waals surface area contributed by atoms with Crippen LogP contribution in [0, 0.1) is 13.8 Å². The maximum absolute atomic E-state index is 13.6. The van der Waals surface area contributed by atoms with Crippen molar-refractivity contribution < 1.29 is 22.7 Å². The van der Waals surface area contributed by atoms with Crippen LogP contribution in [0.2, 0.25) is 0 Å². The van der Waals surface area contributed by atoms with Gasteiger partial charge in [-0.1, -0.05) is 0 Å². The molecule has 9 heteroatoms. The Hall–Kier alpha value is -2.42. The maximum atomic E-state index is 13.6. The molecule has 138 valence electrons. The highest BCUT2D eigenvalue weighted by atomic mass is 32.1. The van der Waals surface area contributed by atoms with Crippen LogP contribution in [0.5, 0.6) is 0 Å². The van der Waals surface area contributed by atoms with Crippen molar-refractivity contribution in [2.75, 3.05) is 6.61 Å². The van der Waals surface area contributed by atoms with Crippen molar-refractivity contribution >= 4 is 28.3 Å². The van der Waals surface area contributed by atoms with Crippen LogP contribution in [0.15, 0.2) is 18.2 Å². The lowest BCUT2D eigenvalue weighted by atomic mass is 10.1. The van der Waals surface area contributed by atoms with Crippen molar-refractivity contribution in [1.82, 2.24) is 14.8 Å². The summed E-state index contributed by atoms with van der Waals surface area (Å²) in [4.78, 5) is 17.7. The maximum Gasteiger partial charge on any atom is 0.417 e. The summed E-state index contributed by atoms with van der Waals surface area (Å²) in [6.07, 6.45) is -4.56. The summed E-state index contributed by atoms with van der Waals surface area (Å²) in [5, 5.41) is 3.98. The number of aromatic nitrogens is 3. The number of hydrogen-bond acceptors (Lipinski definition) is 5. The molecule has 0 saturated carbocycles. The van der Waals surface area contributed by atoms with Crippen LogP contribution in [-0.2, 0) is 22.3 Å². The SMILES string of the molecule is CCOC(=O)Cn1nc(C)c2c(C(F)(F)F)cc(-c3ccc(C)s3)nc21. The number of nitrogens with zero attached hydrogens (tertiary/aromatic N) is 3. The van der Waals surface area contributed by atoms with Crippen LogP contribution < -0.4 is 0 Å². The molecule has 5 nitrogen and oxygen atoms in total. The van der Waals surface area contributed by atoms with E-state index in [1.54, 1.807) is 13.0 Å². The van der Waals surface area contributed by atoms with E-state index >= 15 is 0 Å². The standard InChI is InChI=1S/C17H16F3N3O2S/c1-4-25-14(24)8-23-16-15(10(3)22-23)11(17(18,19)20)7-12(21-16)13-6-5-9(2)26-13/h5-7H,4,8H2,1-3H3. The second-order valence-electron chi connectivity index (χ2n) is 5.71. The van der Waals surface area contributed by atoms with Gasteiger partial charge in [-0.05, 0) is 39.0 Å². The van der Waals surface area contributed by atoms with Crippen molar-refractivity contribution in [2.24, 2.45) is 0 Å². The molecule has 0 saturated heterocycles. The Morgan fingerprint density at radius 3 is 2.62 bits per heavy atom. The predicted molar refractivity (Wildman–Crippen MR) is 92.0 cm³/mol. The first-order valence-electron chi connectivity index (χ1n) is 7.88. The lowest BCUT2D eigenvalue weighted by Crippen LogP contribution is -2.15. The van der Waals surface area contributed by atoms with E-state index in [1.807, 2.05) is 13.0 Å². The molecule has 0 aliphatic rings.